The number of aromatic nitrogens is 5. The van der Waals surface area contributed by atoms with Gasteiger partial charge >= 0.3 is 0 Å². The lowest BCUT2D eigenvalue weighted by Crippen LogP contribution is -2.24. The van der Waals surface area contributed by atoms with Crippen LogP contribution in [0.4, 0.5) is 14.6 Å². The molecule has 0 saturated heterocycles. The van der Waals surface area contributed by atoms with E-state index in [2.05, 4.69) is 25.5 Å². The molecule has 0 aliphatic carbocycles. The average molecular weight is 428 g/mol. The van der Waals surface area contributed by atoms with Crippen molar-refractivity contribution in [1.29, 1.82) is 0 Å². The average Bonchev–Trinajstić information content (AvgIpc) is 3.44. The third-order valence-electron chi connectivity index (χ3n) is 4.45. The van der Waals surface area contributed by atoms with Crippen molar-refractivity contribution in [2.75, 3.05) is 18.5 Å². The summed E-state index contributed by atoms with van der Waals surface area (Å²) in [5, 5.41) is 29.4. The molecule has 31 heavy (non-hydrogen) atoms. The first-order chi connectivity index (χ1) is 15.0. The smallest absolute Gasteiger partial charge is 0.183 e. The number of rotatable bonds is 8. The van der Waals surface area contributed by atoms with E-state index >= 15 is 0 Å². The zero-order valence-corrected chi connectivity index (χ0v) is 16.1. The van der Waals surface area contributed by atoms with Crippen molar-refractivity contribution in [3.05, 3.63) is 66.1 Å². The van der Waals surface area contributed by atoms with Crippen LogP contribution in [-0.2, 0) is 6.54 Å². The van der Waals surface area contributed by atoms with Crippen molar-refractivity contribution in [2.24, 2.45) is 0 Å². The standard InChI is InChI=1S/C20H18F2N6O3/c21-14-4-2-1-3-12(14)10-28-18(16-5-6-31-27-16)7-17(26-28)20-24-9-15(22)19(25-20)23-8-13(30)11-29/h1-7,9,13,29-30H,8,10-11H2,(H,23,24,25)/t13-/m1/s1. The maximum absolute atomic E-state index is 14.2. The summed E-state index contributed by atoms with van der Waals surface area (Å²) in [6.07, 6.45) is 1.30. The van der Waals surface area contributed by atoms with Crippen molar-refractivity contribution in [3.8, 4) is 22.9 Å². The molecule has 0 radical (unpaired) electrons. The van der Waals surface area contributed by atoms with E-state index in [1.54, 1.807) is 30.3 Å². The number of anilines is 1. The molecule has 0 aliphatic heterocycles. The Morgan fingerprint density at radius 3 is 2.71 bits per heavy atom. The summed E-state index contributed by atoms with van der Waals surface area (Å²) in [5.41, 5.74) is 1.73. The molecule has 0 amide bonds. The molecule has 1 atom stereocenters. The summed E-state index contributed by atoms with van der Waals surface area (Å²) in [5.74, 6) is -1.14. The quantitative estimate of drug-likeness (QED) is 0.390. The zero-order chi connectivity index (χ0) is 21.8. The predicted molar refractivity (Wildman–Crippen MR) is 106 cm³/mol. The van der Waals surface area contributed by atoms with Crippen molar-refractivity contribution in [1.82, 2.24) is 24.9 Å². The van der Waals surface area contributed by atoms with Gasteiger partial charge in [-0.1, -0.05) is 23.4 Å². The summed E-state index contributed by atoms with van der Waals surface area (Å²) < 4.78 is 34.7. The number of halogens is 2. The summed E-state index contributed by atoms with van der Waals surface area (Å²) in [6, 6.07) is 9.59. The number of aliphatic hydroxyl groups excluding tert-OH is 2. The van der Waals surface area contributed by atoms with Crippen LogP contribution < -0.4 is 5.32 Å². The summed E-state index contributed by atoms with van der Waals surface area (Å²) in [4.78, 5) is 8.11. The molecule has 0 saturated carbocycles. The first-order valence-electron chi connectivity index (χ1n) is 9.33. The molecular formula is C20H18F2N6O3. The molecule has 3 aromatic heterocycles. The summed E-state index contributed by atoms with van der Waals surface area (Å²) >= 11 is 0. The lowest BCUT2D eigenvalue weighted by molar-refractivity contribution is 0.105. The lowest BCUT2D eigenvalue weighted by atomic mass is 10.2. The third-order valence-corrected chi connectivity index (χ3v) is 4.45. The predicted octanol–water partition coefficient (Wildman–Crippen LogP) is 2.09. The lowest BCUT2D eigenvalue weighted by Gasteiger charge is -2.10. The largest absolute Gasteiger partial charge is 0.394 e. The Hall–Kier alpha value is -3.70. The first-order valence-corrected chi connectivity index (χ1v) is 9.33. The second-order valence-electron chi connectivity index (χ2n) is 6.66. The van der Waals surface area contributed by atoms with Crippen LogP contribution in [0.15, 0.2) is 53.4 Å². The SMILES string of the molecule is OC[C@H](O)CNc1nc(-c2cc(-c3ccon3)n(Cc3ccccc3F)n2)ncc1F. The molecule has 4 rings (SSSR count). The van der Waals surface area contributed by atoms with E-state index in [-0.39, 0.29) is 30.5 Å². The molecule has 0 fully saturated rings. The van der Waals surface area contributed by atoms with E-state index in [4.69, 9.17) is 9.63 Å². The van der Waals surface area contributed by atoms with E-state index in [0.29, 0.717) is 22.6 Å². The van der Waals surface area contributed by atoms with Crippen molar-refractivity contribution >= 4 is 5.82 Å². The van der Waals surface area contributed by atoms with E-state index in [0.717, 1.165) is 6.20 Å². The molecule has 160 valence electrons. The van der Waals surface area contributed by atoms with Gasteiger partial charge in [0.15, 0.2) is 17.5 Å². The van der Waals surface area contributed by atoms with Gasteiger partial charge in [-0.05, 0) is 12.1 Å². The van der Waals surface area contributed by atoms with Crippen LogP contribution in [0.1, 0.15) is 5.56 Å². The molecule has 9 nitrogen and oxygen atoms in total. The molecule has 0 spiro atoms. The van der Waals surface area contributed by atoms with Gasteiger partial charge in [0, 0.05) is 18.2 Å². The Morgan fingerprint density at radius 2 is 1.97 bits per heavy atom. The van der Waals surface area contributed by atoms with E-state index in [9.17, 15) is 13.9 Å². The van der Waals surface area contributed by atoms with Gasteiger partial charge in [-0.2, -0.15) is 5.10 Å². The molecule has 11 heteroatoms. The van der Waals surface area contributed by atoms with Crippen LogP contribution >= 0.6 is 0 Å². The highest BCUT2D eigenvalue weighted by Gasteiger charge is 2.18. The Morgan fingerprint density at radius 1 is 1.13 bits per heavy atom. The van der Waals surface area contributed by atoms with Gasteiger partial charge in [0.05, 0.1) is 31.1 Å². The fourth-order valence-corrected chi connectivity index (χ4v) is 2.88. The molecule has 0 unspecified atom stereocenters. The van der Waals surface area contributed by atoms with E-state index in [1.807, 2.05) is 0 Å². The number of benzene rings is 1. The molecule has 4 aromatic rings. The second kappa shape index (κ2) is 8.98. The van der Waals surface area contributed by atoms with Gasteiger partial charge in [-0.15, -0.1) is 0 Å². The van der Waals surface area contributed by atoms with Gasteiger partial charge in [0.2, 0.25) is 0 Å². The van der Waals surface area contributed by atoms with Crippen LogP contribution in [-0.4, -0.2) is 54.4 Å². The van der Waals surface area contributed by atoms with Crippen LogP contribution in [0.3, 0.4) is 0 Å². The third kappa shape index (κ3) is 4.57. The maximum atomic E-state index is 14.2. The van der Waals surface area contributed by atoms with Crippen molar-refractivity contribution in [2.45, 2.75) is 12.6 Å². The fraction of sp³-hybridized carbons (Fsp3) is 0.200. The highest BCUT2D eigenvalue weighted by molar-refractivity contribution is 5.63. The molecule has 0 bridgehead atoms. The van der Waals surface area contributed by atoms with Gasteiger partial charge in [0.1, 0.15) is 23.5 Å². The number of aliphatic hydroxyl groups is 2. The van der Waals surface area contributed by atoms with Crippen LogP contribution in [0.5, 0.6) is 0 Å². The van der Waals surface area contributed by atoms with Gasteiger partial charge < -0.3 is 20.1 Å². The molecule has 0 aliphatic rings. The molecule has 3 heterocycles. The Bertz CT molecular complexity index is 1170. The number of nitrogens with zero attached hydrogens (tertiary/aromatic N) is 5. The number of nitrogens with one attached hydrogen (secondary N) is 1. The molecule has 1 aromatic carbocycles. The highest BCUT2D eigenvalue weighted by Crippen LogP contribution is 2.25. The van der Waals surface area contributed by atoms with Crippen LogP contribution in [0.2, 0.25) is 0 Å². The van der Waals surface area contributed by atoms with E-state index in [1.165, 1.54) is 17.0 Å². The Balaban J connectivity index is 1.70. The van der Waals surface area contributed by atoms with Gasteiger partial charge in [-0.25, -0.2) is 18.7 Å². The van der Waals surface area contributed by atoms with Crippen LogP contribution in [0.25, 0.3) is 22.9 Å². The summed E-state index contributed by atoms with van der Waals surface area (Å²) in [6.45, 7) is -0.465. The van der Waals surface area contributed by atoms with E-state index < -0.39 is 18.5 Å². The van der Waals surface area contributed by atoms with Gasteiger partial charge in [-0.3, -0.25) is 4.68 Å². The fourth-order valence-electron chi connectivity index (χ4n) is 2.88. The first kappa shape index (κ1) is 20.6. The van der Waals surface area contributed by atoms with Crippen LogP contribution in [0, 0.1) is 11.6 Å². The summed E-state index contributed by atoms with van der Waals surface area (Å²) in [7, 11) is 0. The Kier molecular flexibility index (Phi) is 5.96. The topological polar surface area (TPSA) is 122 Å². The number of hydrogen-bond donors (Lipinski definition) is 3. The minimum absolute atomic E-state index is 0.101. The normalized spacial score (nSPS) is 12.1. The maximum Gasteiger partial charge on any atom is 0.183 e. The monoisotopic (exact) mass is 428 g/mol. The Labute approximate surface area is 175 Å². The molecule has 3 N–H and O–H groups in total. The molecular weight excluding hydrogens is 410 g/mol. The number of hydrogen-bond acceptors (Lipinski definition) is 8. The highest BCUT2D eigenvalue weighted by atomic mass is 19.1. The minimum Gasteiger partial charge on any atom is -0.394 e. The second-order valence-corrected chi connectivity index (χ2v) is 6.66. The minimum atomic E-state index is -1.07. The van der Waals surface area contributed by atoms with Crippen molar-refractivity contribution < 1.29 is 23.5 Å². The van der Waals surface area contributed by atoms with Crippen molar-refractivity contribution in [3.63, 3.8) is 0 Å². The zero-order valence-electron chi connectivity index (χ0n) is 16.1. The van der Waals surface area contributed by atoms with Gasteiger partial charge in [0.25, 0.3) is 0 Å².